The molecule has 0 radical (unpaired) electrons. The average molecular weight is 478 g/mol. The number of ether oxygens (including phenoxy) is 1. The zero-order valence-electron chi connectivity index (χ0n) is 16.1. The van der Waals surface area contributed by atoms with Crippen LogP contribution < -0.4 is 15.0 Å². The molecule has 2 aromatic rings. The second kappa shape index (κ2) is 9.28. The Labute approximate surface area is 183 Å². The van der Waals surface area contributed by atoms with E-state index in [0.717, 1.165) is 36.9 Å². The molecule has 4 rings (SSSR count). The molecular weight excluding hydrogens is 454 g/mol. The van der Waals surface area contributed by atoms with Crippen molar-refractivity contribution in [1.82, 2.24) is 10.2 Å². The first-order valence-electron chi connectivity index (χ1n) is 9.82. The van der Waals surface area contributed by atoms with Crippen LogP contribution in [-0.4, -0.2) is 49.5 Å². The van der Waals surface area contributed by atoms with E-state index in [2.05, 4.69) is 43.7 Å². The lowest BCUT2D eigenvalue weighted by molar-refractivity contribution is -0.125. The van der Waals surface area contributed by atoms with Gasteiger partial charge in [-0.2, -0.15) is 0 Å². The van der Waals surface area contributed by atoms with E-state index in [0.29, 0.717) is 23.9 Å². The third-order valence-corrected chi connectivity index (χ3v) is 6.78. The summed E-state index contributed by atoms with van der Waals surface area (Å²) in [6.45, 7) is 3.78. The Balaban J connectivity index is 1.24. The fraction of sp³-hybridized carbons (Fsp3) is 0.429. The highest BCUT2D eigenvalue weighted by molar-refractivity contribution is 9.10. The van der Waals surface area contributed by atoms with E-state index in [4.69, 9.17) is 4.74 Å². The van der Waals surface area contributed by atoms with Gasteiger partial charge in [-0.3, -0.25) is 19.4 Å². The number of hydrogen-bond donors (Lipinski definition) is 1. The number of halogens is 1. The van der Waals surface area contributed by atoms with Gasteiger partial charge >= 0.3 is 0 Å². The zero-order chi connectivity index (χ0) is 20.2. The van der Waals surface area contributed by atoms with Crippen LogP contribution in [0.1, 0.15) is 17.7 Å². The number of amides is 2. The first-order chi connectivity index (χ1) is 14.1. The number of benzene rings is 1. The number of carbonyl (C=O) groups is 2. The number of piperidine rings is 1. The van der Waals surface area contributed by atoms with Crippen molar-refractivity contribution in [3.8, 4) is 5.75 Å². The number of carbonyl (C=O) groups excluding carboxylic acids is 2. The molecule has 0 spiro atoms. The topological polar surface area (TPSA) is 61.9 Å². The molecule has 154 valence electrons. The SMILES string of the molecule is O=C(CN1C(=O)COc2cc(Br)ccc21)NCC1CCN(Cc2cccs2)CC1. The summed E-state index contributed by atoms with van der Waals surface area (Å²) in [4.78, 5) is 30.1. The monoisotopic (exact) mass is 477 g/mol. The zero-order valence-corrected chi connectivity index (χ0v) is 18.5. The van der Waals surface area contributed by atoms with Crippen molar-refractivity contribution in [1.29, 1.82) is 0 Å². The van der Waals surface area contributed by atoms with E-state index in [-0.39, 0.29) is 25.0 Å². The molecule has 0 atom stereocenters. The average Bonchev–Trinajstić information content (AvgIpc) is 3.23. The van der Waals surface area contributed by atoms with E-state index < -0.39 is 0 Å². The van der Waals surface area contributed by atoms with E-state index in [1.54, 1.807) is 17.4 Å². The number of anilines is 1. The van der Waals surface area contributed by atoms with Crippen LogP contribution in [0.5, 0.6) is 5.75 Å². The molecule has 0 unspecified atom stereocenters. The second-order valence-corrected chi connectivity index (χ2v) is 9.43. The molecule has 8 heteroatoms. The fourth-order valence-electron chi connectivity index (χ4n) is 3.78. The molecule has 2 aliphatic rings. The van der Waals surface area contributed by atoms with E-state index >= 15 is 0 Å². The van der Waals surface area contributed by atoms with Gasteiger partial charge in [0.25, 0.3) is 5.91 Å². The van der Waals surface area contributed by atoms with Gasteiger partial charge in [-0.1, -0.05) is 22.0 Å². The highest BCUT2D eigenvalue weighted by Gasteiger charge is 2.28. The molecular formula is C21H24BrN3O3S. The largest absolute Gasteiger partial charge is 0.482 e. The Morgan fingerprint density at radius 3 is 2.86 bits per heavy atom. The summed E-state index contributed by atoms with van der Waals surface area (Å²) >= 11 is 5.20. The summed E-state index contributed by atoms with van der Waals surface area (Å²) in [5, 5.41) is 5.14. The predicted molar refractivity (Wildman–Crippen MR) is 117 cm³/mol. The van der Waals surface area contributed by atoms with Crippen LogP contribution in [-0.2, 0) is 16.1 Å². The Morgan fingerprint density at radius 1 is 1.28 bits per heavy atom. The predicted octanol–water partition coefficient (Wildman–Crippen LogP) is 3.26. The van der Waals surface area contributed by atoms with Crippen molar-refractivity contribution in [2.75, 3.05) is 37.7 Å². The summed E-state index contributed by atoms with van der Waals surface area (Å²) < 4.78 is 6.35. The third-order valence-electron chi connectivity index (χ3n) is 5.42. The second-order valence-electron chi connectivity index (χ2n) is 7.48. The molecule has 3 heterocycles. The number of rotatable bonds is 6. The minimum Gasteiger partial charge on any atom is -0.482 e. The summed E-state index contributed by atoms with van der Waals surface area (Å²) in [5.74, 6) is 0.777. The van der Waals surface area contributed by atoms with Gasteiger partial charge in [-0.15, -0.1) is 11.3 Å². The summed E-state index contributed by atoms with van der Waals surface area (Å²) in [6, 6.07) is 9.73. The van der Waals surface area contributed by atoms with Crippen LogP contribution in [0.25, 0.3) is 0 Å². The summed E-state index contributed by atoms with van der Waals surface area (Å²) in [5.41, 5.74) is 0.640. The quantitative estimate of drug-likeness (QED) is 0.693. The maximum absolute atomic E-state index is 12.5. The number of thiophene rings is 1. The highest BCUT2D eigenvalue weighted by Crippen LogP contribution is 2.34. The maximum Gasteiger partial charge on any atom is 0.265 e. The number of nitrogens with one attached hydrogen (secondary N) is 1. The van der Waals surface area contributed by atoms with Gasteiger partial charge in [0.15, 0.2) is 6.61 Å². The minimum atomic E-state index is -0.197. The lowest BCUT2D eigenvalue weighted by atomic mass is 9.97. The molecule has 6 nitrogen and oxygen atoms in total. The van der Waals surface area contributed by atoms with Crippen LogP contribution in [0.3, 0.4) is 0 Å². The van der Waals surface area contributed by atoms with Crippen LogP contribution >= 0.6 is 27.3 Å². The first-order valence-corrected chi connectivity index (χ1v) is 11.5. The lowest BCUT2D eigenvalue weighted by Gasteiger charge is -2.32. The molecule has 2 amide bonds. The molecule has 2 aliphatic heterocycles. The molecule has 0 bridgehead atoms. The Morgan fingerprint density at radius 2 is 2.10 bits per heavy atom. The number of likely N-dealkylation sites (tertiary alicyclic amines) is 1. The molecule has 1 aromatic carbocycles. The summed E-state index contributed by atoms with van der Waals surface area (Å²) in [6.07, 6.45) is 2.16. The Hall–Kier alpha value is -1.90. The van der Waals surface area contributed by atoms with Crippen molar-refractivity contribution in [3.63, 3.8) is 0 Å². The normalized spacial score (nSPS) is 17.7. The number of nitrogens with zero attached hydrogens (tertiary/aromatic N) is 2. The van der Waals surface area contributed by atoms with E-state index in [1.807, 2.05) is 12.1 Å². The van der Waals surface area contributed by atoms with Crippen LogP contribution in [0.2, 0.25) is 0 Å². The molecule has 1 saturated heterocycles. The standard InChI is InChI=1S/C21H24BrN3O3S/c22-16-3-4-18-19(10-16)28-14-21(27)25(18)13-20(26)23-11-15-5-7-24(8-6-15)12-17-2-1-9-29-17/h1-4,9-10,15H,5-8,11-14H2,(H,23,26). The minimum absolute atomic E-state index is 0.0219. The smallest absolute Gasteiger partial charge is 0.265 e. The Kier molecular flexibility index (Phi) is 6.52. The highest BCUT2D eigenvalue weighted by atomic mass is 79.9. The van der Waals surface area contributed by atoms with E-state index in [1.165, 1.54) is 9.78 Å². The maximum atomic E-state index is 12.5. The number of fused-ring (bicyclic) bond motifs is 1. The molecule has 1 aromatic heterocycles. The lowest BCUT2D eigenvalue weighted by Crippen LogP contribution is -2.46. The van der Waals surface area contributed by atoms with Crippen molar-refractivity contribution in [3.05, 3.63) is 45.1 Å². The van der Waals surface area contributed by atoms with Crippen LogP contribution in [0.15, 0.2) is 40.2 Å². The Bertz CT molecular complexity index is 866. The van der Waals surface area contributed by atoms with Gasteiger partial charge < -0.3 is 10.1 Å². The third kappa shape index (κ3) is 5.18. The van der Waals surface area contributed by atoms with Gasteiger partial charge in [0.2, 0.25) is 5.91 Å². The van der Waals surface area contributed by atoms with Crippen molar-refractivity contribution in [2.24, 2.45) is 5.92 Å². The van der Waals surface area contributed by atoms with Gasteiger partial charge in [-0.25, -0.2) is 0 Å². The molecule has 0 aliphatic carbocycles. The van der Waals surface area contributed by atoms with Crippen molar-refractivity contribution < 1.29 is 14.3 Å². The van der Waals surface area contributed by atoms with Crippen LogP contribution in [0.4, 0.5) is 5.69 Å². The number of hydrogen-bond acceptors (Lipinski definition) is 5. The van der Waals surface area contributed by atoms with Crippen molar-refractivity contribution in [2.45, 2.75) is 19.4 Å². The molecule has 0 saturated carbocycles. The van der Waals surface area contributed by atoms with Crippen LogP contribution in [0, 0.1) is 5.92 Å². The molecule has 29 heavy (non-hydrogen) atoms. The van der Waals surface area contributed by atoms with Crippen molar-refractivity contribution >= 4 is 44.8 Å². The summed E-state index contributed by atoms with van der Waals surface area (Å²) in [7, 11) is 0. The van der Waals surface area contributed by atoms with Gasteiger partial charge in [-0.05, 0) is 61.5 Å². The molecule has 1 fully saturated rings. The van der Waals surface area contributed by atoms with E-state index in [9.17, 15) is 9.59 Å². The fourth-order valence-corrected chi connectivity index (χ4v) is 4.87. The van der Waals surface area contributed by atoms with Gasteiger partial charge in [0.05, 0.1) is 5.69 Å². The molecule has 1 N–H and O–H groups in total. The van der Waals surface area contributed by atoms with Gasteiger partial charge in [0.1, 0.15) is 12.3 Å². The van der Waals surface area contributed by atoms with Gasteiger partial charge in [0, 0.05) is 22.4 Å². The first kappa shape index (κ1) is 20.4.